The normalized spacial score (nSPS) is 34.7. The van der Waals surface area contributed by atoms with E-state index in [4.69, 9.17) is 0 Å². The summed E-state index contributed by atoms with van der Waals surface area (Å²) in [4.78, 5) is 48.0. The number of hydrogen-bond donors (Lipinski definition) is 1. The molecule has 2 unspecified atom stereocenters. The molecule has 198 valence electrons. The van der Waals surface area contributed by atoms with Crippen LogP contribution in [-0.2, 0) is 14.4 Å². The summed E-state index contributed by atoms with van der Waals surface area (Å²) < 4.78 is -1.53. The topological polar surface area (TPSA) is 81.2 Å². The molecule has 4 heterocycles. The fraction of sp³-hybridized carbons (Fsp3) is 0.552. The Bertz CT molecular complexity index is 1140. The minimum Gasteiger partial charge on any atom is -0.394 e. The lowest BCUT2D eigenvalue weighted by atomic mass is 9.74. The molecule has 2 fully saturated rings. The van der Waals surface area contributed by atoms with Gasteiger partial charge < -0.3 is 19.8 Å². The Morgan fingerprint density at radius 2 is 1.73 bits per heavy atom. The van der Waals surface area contributed by atoms with Crippen LogP contribution in [0, 0.1) is 11.8 Å². The predicted octanol–water partition coefficient (Wildman–Crippen LogP) is 3.02. The second kappa shape index (κ2) is 9.62. The number of fused-ring (bicyclic) bond motifs is 2. The van der Waals surface area contributed by atoms with E-state index in [1.807, 2.05) is 60.4 Å². The molecule has 0 bridgehead atoms. The summed E-state index contributed by atoms with van der Waals surface area (Å²) in [6.07, 6.45) is 9.93. The predicted molar refractivity (Wildman–Crippen MR) is 145 cm³/mol. The van der Waals surface area contributed by atoms with E-state index in [1.165, 1.54) is 0 Å². The molecule has 1 spiro atoms. The highest BCUT2D eigenvalue weighted by atomic mass is 32.2. The first-order valence-corrected chi connectivity index (χ1v) is 14.1. The number of carbonyl (C=O) groups is 3. The van der Waals surface area contributed by atoms with Crippen LogP contribution >= 0.6 is 11.8 Å². The Labute approximate surface area is 223 Å². The van der Waals surface area contributed by atoms with Crippen molar-refractivity contribution >= 4 is 29.5 Å². The molecule has 4 aliphatic rings. The van der Waals surface area contributed by atoms with Gasteiger partial charge in [0.25, 0.3) is 0 Å². The summed E-state index contributed by atoms with van der Waals surface area (Å²) in [6.45, 7) is 6.84. The largest absolute Gasteiger partial charge is 0.394 e. The van der Waals surface area contributed by atoms with E-state index >= 15 is 0 Å². The molecule has 4 aliphatic heterocycles. The number of rotatable bonds is 6. The molecule has 0 saturated carbocycles. The van der Waals surface area contributed by atoms with Crippen molar-refractivity contribution in [2.75, 3.05) is 26.7 Å². The van der Waals surface area contributed by atoms with Gasteiger partial charge in [-0.1, -0.05) is 68.0 Å². The van der Waals surface area contributed by atoms with Crippen LogP contribution in [0.15, 0.2) is 54.6 Å². The molecule has 1 N–H and O–H groups in total. The molecule has 0 aromatic heterocycles. The lowest BCUT2D eigenvalue weighted by molar-refractivity contribution is -0.147. The quantitative estimate of drug-likeness (QED) is 0.580. The van der Waals surface area contributed by atoms with E-state index in [9.17, 15) is 19.5 Å². The zero-order valence-corrected chi connectivity index (χ0v) is 22.9. The first kappa shape index (κ1) is 26.0. The first-order chi connectivity index (χ1) is 17.7. The van der Waals surface area contributed by atoms with Gasteiger partial charge in [0.15, 0.2) is 0 Å². The monoisotopic (exact) mass is 523 g/mol. The molecular weight excluding hydrogens is 486 g/mol. The van der Waals surface area contributed by atoms with Crippen molar-refractivity contribution in [3.63, 3.8) is 0 Å². The van der Waals surface area contributed by atoms with Gasteiger partial charge >= 0.3 is 0 Å². The highest BCUT2D eigenvalue weighted by molar-refractivity contribution is 8.02. The molecule has 1 aromatic carbocycles. The second-order valence-electron chi connectivity index (χ2n) is 11.0. The van der Waals surface area contributed by atoms with E-state index in [0.717, 1.165) is 18.4 Å². The van der Waals surface area contributed by atoms with Gasteiger partial charge in [-0.2, -0.15) is 0 Å². The number of thioether (sulfide) groups is 1. The first-order valence-electron chi connectivity index (χ1n) is 13.3. The molecule has 1 aromatic rings. The molecule has 8 heteroatoms. The molecular formula is C29H37N3O4S. The zero-order chi connectivity index (χ0) is 26.5. The molecule has 3 amide bonds. The van der Waals surface area contributed by atoms with Crippen molar-refractivity contribution in [1.82, 2.24) is 14.7 Å². The van der Waals surface area contributed by atoms with E-state index in [0.29, 0.717) is 13.1 Å². The summed E-state index contributed by atoms with van der Waals surface area (Å²) in [5.41, 5.74) is 0.777. The smallest absolute Gasteiger partial charge is 0.247 e. The summed E-state index contributed by atoms with van der Waals surface area (Å²) in [5.74, 6) is -1.71. The number of hydrogen-bond acceptors (Lipinski definition) is 5. The Hall–Kier alpha value is -2.58. The standard InChI is InChI=1S/C29H37N3O4S/c1-5-11-19(2)31-17-10-15-29-23(22-25(34)30(4)16-9-14-28(22,3)37-29)26(35)32(24(29)27(31)36)21(18-33)20-12-7-6-8-13-20/h6-10,12-15,19,21-24,33H,5,11,16-18H2,1-4H3/t19?,21-,22+,23+,24?,28-,29+/m1/s1. The average molecular weight is 524 g/mol. The fourth-order valence-corrected chi connectivity index (χ4v) is 9.08. The lowest BCUT2D eigenvalue weighted by Gasteiger charge is -2.41. The van der Waals surface area contributed by atoms with Crippen molar-refractivity contribution in [3.05, 3.63) is 60.2 Å². The number of aliphatic hydroxyl groups excluding tert-OH is 1. The van der Waals surface area contributed by atoms with Gasteiger partial charge in [0.1, 0.15) is 6.04 Å². The number of likely N-dealkylation sites (N-methyl/N-ethyl adjacent to an activating group) is 1. The van der Waals surface area contributed by atoms with Crippen LogP contribution < -0.4 is 0 Å². The summed E-state index contributed by atoms with van der Waals surface area (Å²) in [7, 11) is 1.77. The summed E-state index contributed by atoms with van der Waals surface area (Å²) in [6, 6.07) is 7.92. The Morgan fingerprint density at radius 3 is 2.41 bits per heavy atom. The van der Waals surface area contributed by atoms with Gasteiger partial charge in [-0.05, 0) is 25.8 Å². The van der Waals surface area contributed by atoms with Gasteiger partial charge in [-0.15, -0.1) is 11.8 Å². The van der Waals surface area contributed by atoms with Crippen LogP contribution in [0.4, 0.5) is 0 Å². The third-order valence-corrected chi connectivity index (χ3v) is 10.5. The van der Waals surface area contributed by atoms with Gasteiger partial charge in [0, 0.05) is 30.9 Å². The SMILES string of the molecule is CCCC(C)N1CC=C[C@]23S[C@]4(C)C=CCN(C)C(=O)[C@@H]4[C@H]2C(=O)N([C@H](CO)c2ccccc2)C3C1=O. The summed E-state index contributed by atoms with van der Waals surface area (Å²) in [5, 5.41) is 10.6. The van der Waals surface area contributed by atoms with Crippen molar-refractivity contribution in [2.45, 2.75) is 61.2 Å². The third kappa shape index (κ3) is 3.86. The minimum atomic E-state index is -0.908. The van der Waals surface area contributed by atoms with Crippen LogP contribution in [0.3, 0.4) is 0 Å². The number of amides is 3. The molecule has 0 aliphatic carbocycles. The number of carbonyl (C=O) groups excluding carboxylic acids is 3. The Kier molecular flexibility index (Phi) is 6.77. The minimum absolute atomic E-state index is 0.0118. The van der Waals surface area contributed by atoms with Crippen molar-refractivity contribution in [2.24, 2.45) is 11.8 Å². The summed E-state index contributed by atoms with van der Waals surface area (Å²) >= 11 is 1.58. The van der Waals surface area contributed by atoms with E-state index in [1.54, 1.807) is 28.6 Å². The molecule has 7 atom stereocenters. The van der Waals surface area contributed by atoms with Crippen LogP contribution in [0.2, 0.25) is 0 Å². The Morgan fingerprint density at radius 1 is 1.03 bits per heavy atom. The highest BCUT2D eigenvalue weighted by Gasteiger charge is 2.74. The van der Waals surface area contributed by atoms with E-state index < -0.39 is 33.4 Å². The third-order valence-electron chi connectivity index (χ3n) is 8.66. The van der Waals surface area contributed by atoms with Crippen molar-refractivity contribution in [1.29, 1.82) is 0 Å². The highest BCUT2D eigenvalue weighted by Crippen LogP contribution is 2.66. The number of aliphatic hydroxyl groups is 1. The number of benzene rings is 1. The van der Waals surface area contributed by atoms with Crippen LogP contribution in [0.5, 0.6) is 0 Å². The second-order valence-corrected chi connectivity index (χ2v) is 12.8. The fourth-order valence-electron chi connectivity index (χ4n) is 6.94. The van der Waals surface area contributed by atoms with Gasteiger partial charge in [0.05, 0.1) is 29.2 Å². The maximum absolute atomic E-state index is 14.5. The van der Waals surface area contributed by atoms with E-state index in [-0.39, 0.29) is 30.4 Å². The van der Waals surface area contributed by atoms with Crippen LogP contribution in [-0.4, -0.2) is 85.8 Å². The average Bonchev–Trinajstić information content (AvgIpc) is 3.15. The maximum atomic E-state index is 14.5. The van der Waals surface area contributed by atoms with Gasteiger partial charge in [-0.25, -0.2) is 0 Å². The molecule has 7 nitrogen and oxygen atoms in total. The van der Waals surface area contributed by atoms with Crippen LogP contribution in [0.25, 0.3) is 0 Å². The van der Waals surface area contributed by atoms with Crippen LogP contribution in [0.1, 0.15) is 45.2 Å². The number of likely N-dealkylation sites (tertiary alicyclic amines) is 1. The molecule has 5 rings (SSSR count). The van der Waals surface area contributed by atoms with Gasteiger partial charge in [0.2, 0.25) is 17.7 Å². The maximum Gasteiger partial charge on any atom is 0.247 e. The van der Waals surface area contributed by atoms with Crippen molar-refractivity contribution in [3.8, 4) is 0 Å². The zero-order valence-electron chi connectivity index (χ0n) is 22.0. The molecule has 37 heavy (non-hydrogen) atoms. The van der Waals surface area contributed by atoms with E-state index in [2.05, 4.69) is 19.9 Å². The Balaban J connectivity index is 1.70. The van der Waals surface area contributed by atoms with Gasteiger partial charge in [-0.3, -0.25) is 14.4 Å². The number of nitrogens with zero attached hydrogens (tertiary/aromatic N) is 3. The molecule has 2 saturated heterocycles. The molecule has 0 radical (unpaired) electrons. The van der Waals surface area contributed by atoms with Crippen molar-refractivity contribution < 1.29 is 19.5 Å². The lowest BCUT2D eigenvalue weighted by Crippen LogP contribution is -2.56.